The van der Waals surface area contributed by atoms with E-state index in [1.165, 1.54) is 12.5 Å². The molecule has 1 N–H and O–H groups in total. The van der Waals surface area contributed by atoms with Crippen molar-refractivity contribution in [3.05, 3.63) is 65.7 Å². The van der Waals surface area contributed by atoms with Crippen LogP contribution in [0, 0.1) is 5.82 Å². The van der Waals surface area contributed by atoms with Crippen molar-refractivity contribution in [2.75, 3.05) is 0 Å². The molecule has 3 nitrogen and oxygen atoms in total. The second-order valence-electron chi connectivity index (χ2n) is 5.97. The van der Waals surface area contributed by atoms with Crippen LogP contribution in [0.5, 0.6) is 5.75 Å². The average Bonchev–Trinajstić information content (AvgIpc) is 2.98. The van der Waals surface area contributed by atoms with Crippen LogP contribution in [0.3, 0.4) is 0 Å². The minimum Gasteiger partial charge on any atom is -0.490 e. The fraction of sp³-hybridized carbons (Fsp3) is 0.263. The maximum atomic E-state index is 14.4. The number of hydrogen-bond acceptors (Lipinski definition) is 3. The summed E-state index contributed by atoms with van der Waals surface area (Å²) < 4.78 is 25.3. The lowest BCUT2D eigenvalue weighted by molar-refractivity contribution is 0.119. The standard InChI is InChI=1S/C19H17FO3/c20-17-11-15(23-14-2-1-3-14)5-6-16(17)19(21)13-4-7-18-12(10-13)8-9-22-18/h4-11,14,19,21H,1-3H2. The third-order valence-electron chi connectivity index (χ3n) is 4.41. The highest BCUT2D eigenvalue weighted by Gasteiger charge is 2.21. The summed E-state index contributed by atoms with van der Waals surface area (Å²) in [5, 5.41) is 11.4. The van der Waals surface area contributed by atoms with Crippen molar-refractivity contribution in [3.8, 4) is 5.75 Å². The van der Waals surface area contributed by atoms with Crippen LogP contribution in [-0.2, 0) is 0 Å². The molecule has 3 aromatic rings. The molecule has 4 heteroatoms. The number of hydrogen-bond donors (Lipinski definition) is 1. The molecule has 1 unspecified atom stereocenters. The quantitative estimate of drug-likeness (QED) is 0.766. The highest BCUT2D eigenvalue weighted by Crippen LogP contribution is 2.31. The first-order chi connectivity index (χ1) is 11.2. The van der Waals surface area contributed by atoms with Gasteiger partial charge in [0.2, 0.25) is 0 Å². The Kier molecular flexibility index (Phi) is 3.54. The fourth-order valence-corrected chi connectivity index (χ4v) is 2.82. The minimum atomic E-state index is -1.02. The molecule has 1 atom stereocenters. The van der Waals surface area contributed by atoms with Gasteiger partial charge in [-0.3, -0.25) is 0 Å². The Hall–Kier alpha value is -2.33. The zero-order chi connectivity index (χ0) is 15.8. The monoisotopic (exact) mass is 312 g/mol. The third-order valence-corrected chi connectivity index (χ3v) is 4.41. The van der Waals surface area contributed by atoms with Crippen molar-refractivity contribution in [1.82, 2.24) is 0 Å². The van der Waals surface area contributed by atoms with E-state index < -0.39 is 11.9 Å². The molecular formula is C19H17FO3. The lowest BCUT2D eigenvalue weighted by atomic mass is 9.96. The maximum Gasteiger partial charge on any atom is 0.133 e. The molecule has 1 aliphatic rings. The van der Waals surface area contributed by atoms with Gasteiger partial charge in [-0.2, -0.15) is 0 Å². The van der Waals surface area contributed by atoms with E-state index in [4.69, 9.17) is 9.15 Å². The van der Waals surface area contributed by atoms with E-state index in [1.54, 1.807) is 30.5 Å². The van der Waals surface area contributed by atoms with Crippen LogP contribution in [-0.4, -0.2) is 11.2 Å². The fourth-order valence-electron chi connectivity index (χ4n) is 2.82. The van der Waals surface area contributed by atoms with E-state index in [0.717, 1.165) is 23.8 Å². The van der Waals surface area contributed by atoms with Gasteiger partial charge in [0.15, 0.2) is 0 Å². The Morgan fingerprint density at radius 1 is 1.13 bits per heavy atom. The van der Waals surface area contributed by atoms with E-state index in [2.05, 4.69) is 0 Å². The summed E-state index contributed by atoms with van der Waals surface area (Å²) in [7, 11) is 0. The van der Waals surface area contributed by atoms with Crippen LogP contribution in [0.1, 0.15) is 36.5 Å². The third kappa shape index (κ3) is 2.70. The summed E-state index contributed by atoms with van der Waals surface area (Å²) in [5.41, 5.74) is 1.62. The molecule has 118 valence electrons. The molecule has 2 aromatic carbocycles. The Balaban J connectivity index is 1.60. The van der Waals surface area contributed by atoms with Gasteiger partial charge in [0.05, 0.1) is 12.4 Å². The lowest BCUT2D eigenvalue weighted by Crippen LogP contribution is -2.24. The number of ether oxygens (including phenoxy) is 1. The van der Waals surface area contributed by atoms with Gasteiger partial charge in [-0.15, -0.1) is 0 Å². The second-order valence-corrected chi connectivity index (χ2v) is 5.97. The van der Waals surface area contributed by atoms with E-state index in [0.29, 0.717) is 11.3 Å². The molecule has 1 aromatic heterocycles. The van der Waals surface area contributed by atoms with Gasteiger partial charge in [-0.25, -0.2) is 4.39 Å². The molecular weight excluding hydrogens is 295 g/mol. The molecule has 0 spiro atoms. The Morgan fingerprint density at radius 3 is 2.74 bits per heavy atom. The van der Waals surface area contributed by atoms with Crippen molar-refractivity contribution < 1.29 is 18.7 Å². The number of benzene rings is 2. The number of aliphatic hydroxyl groups is 1. The molecule has 0 aliphatic heterocycles. The van der Waals surface area contributed by atoms with Crippen LogP contribution >= 0.6 is 0 Å². The summed E-state index contributed by atoms with van der Waals surface area (Å²) in [6.45, 7) is 0. The minimum absolute atomic E-state index is 0.202. The smallest absolute Gasteiger partial charge is 0.133 e. The average molecular weight is 312 g/mol. The zero-order valence-electron chi connectivity index (χ0n) is 12.5. The number of halogens is 1. The Morgan fingerprint density at radius 2 is 2.00 bits per heavy atom. The molecule has 1 heterocycles. The number of furan rings is 1. The van der Waals surface area contributed by atoms with Crippen LogP contribution < -0.4 is 4.74 Å². The molecule has 1 saturated carbocycles. The van der Waals surface area contributed by atoms with Gasteiger partial charge in [0.25, 0.3) is 0 Å². The predicted octanol–water partition coefficient (Wildman–Crippen LogP) is 4.58. The van der Waals surface area contributed by atoms with Crippen LogP contribution in [0.25, 0.3) is 11.0 Å². The summed E-state index contributed by atoms with van der Waals surface area (Å²) in [6.07, 6.45) is 3.99. The number of fused-ring (bicyclic) bond motifs is 1. The van der Waals surface area contributed by atoms with Gasteiger partial charge in [0.1, 0.15) is 23.3 Å². The SMILES string of the molecule is OC(c1ccc2occc2c1)c1ccc(OC2CCC2)cc1F. The van der Waals surface area contributed by atoms with Crippen molar-refractivity contribution in [2.45, 2.75) is 31.5 Å². The molecule has 23 heavy (non-hydrogen) atoms. The van der Waals surface area contributed by atoms with Gasteiger partial charge in [-0.05, 0) is 55.2 Å². The van der Waals surface area contributed by atoms with Crippen LogP contribution in [0.2, 0.25) is 0 Å². The summed E-state index contributed by atoms with van der Waals surface area (Å²) in [4.78, 5) is 0. The second kappa shape index (κ2) is 5.70. The first-order valence-corrected chi connectivity index (χ1v) is 7.82. The topological polar surface area (TPSA) is 42.6 Å². The Labute approximate surface area is 133 Å². The summed E-state index contributed by atoms with van der Waals surface area (Å²) >= 11 is 0. The number of aliphatic hydroxyl groups excluding tert-OH is 1. The van der Waals surface area contributed by atoms with Gasteiger partial charge in [0, 0.05) is 17.0 Å². The van der Waals surface area contributed by atoms with Crippen molar-refractivity contribution >= 4 is 11.0 Å². The molecule has 0 bridgehead atoms. The van der Waals surface area contributed by atoms with Crippen molar-refractivity contribution in [3.63, 3.8) is 0 Å². The van der Waals surface area contributed by atoms with E-state index >= 15 is 0 Å². The summed E-state index contributed by atoms with van der Waals surface area (Å²) in [6, 6.07) is 11.8. The van der Waals surface area contributed by atoms with Crippen molar-refractivity contribution in [1.29, 1.82) is 0 Å². The molecule has 0 saturated heterocycles. The maximum absolute atomic E-state index is 14.4. The highest BCUT2D eigenvalue weighted by atomic mass is 19.1. The molecule has 0 amide bonds. The predicted molar refractivity (Wildman–Crippen MR) is 84.9 cm³/mol. The van der Waals surface area contributed by atoms with Crippen molar-refractivity contribution in [2.24, 2.45) is 0 Å². The molecule has 0 radical (unpaired) electrons. The first kappa shape index (κ1) is 14.3. The van der Waals surface area contributed by atoms with E-state index in [1.807, 2.05) is 12.1 Å². The molecule has 4 rings (SSSR count). The summed E-state index contributed by atoms with van der Waals surface area (Å²) in [5.74, 6) is 0.0649. The van der Waals surface area contributed by atoms with Gasteiger partial charge >= 0.3 is 0 Å². The van der Waals surface area contributed by atoms with Crippen LogP contribution in [0.4, 0.5) is 4.39 Å². The largest absolute Gasteiger partial charge is 0.490 e. The van der Waals surface area contributed by atoms with Gasteiger partial charge < -0.3 is 14.3 Å². The first-order valence-electron chi connectivity index (χ1n) is 7.82. The number of rotatable bonds is 4. The molecule has 1 fully saturated rings. The van der Waals surface area contributed by atoms with Crippen LogP contribution in [0.15, 0.2) is 53.1 Å². The lowest BCUT2D eigenvalue weighted by Gasteiger charge is -2.26. The normalized spacial score (nSPS) is 16.3. The highest BCUT2D eigenvalue weighted by molar-refractivity contribution is 5.78. The van der Waals surface area contributed by atoms with E-state index in [9.17, 15) is 9.50 Å². The Bertz CT molecular complexity index is 836. The van der Waals surface area contributed by atoms with E-state index in [-0.39, 0.29) is 11.7 Å². The zero-order valence-corrected chi connectivity index (χ0v) is 12.5. The molecule has 1 aliphatic carbocycles. The van der Waals surface area contributed by atoms with Gasteiger partial charge in [-0.1, -0.05) is 6.07 Å².